The predicted molar refractivity (Wildman–Crippen MR) is 89.5 cm³/mol. The highest BCUT2D eigenvalue weighted by molar-refractivity contribution is 14.0. The van der Waals surface area contributed by atoms with Gasteiger partial charge in [-0.15, -0.1) is 24.0 Å². The number of alkyl halides is 1. The monoisotopic (exact) mass is 398 g/mol. The van der Waals surface area contributed by atoms with E-state index in [4.69, 9.17) is 4.52 Å². The first-order valence-electron chi connectivity index (χ1n) is 6.73. The van der Waals surface area contributed by atoms with Crippen LogP contribution < -0.4 is 10.6 Å². The van der Waals surface area contributed by atoms with Crippen molar-refractivity contribution in [2.75, 3.05) is 20.3 Å². The molecule has 116 valence electrons. The molecule has 20 heavy (non-hydrogen) atoms. The summed E-state index contributed by atoms with van der Waals surface area (Å²) in [5.41, 5.74) is 2.07. The zero-order valence-electron chi connectivity index (χ0n) is 12.3. The second kappa shape index (κ2) is 10.9. The molecule has 1 heterocycles. The van der Waals surface area contributed by atoms with Gasteiger partial charge in [0.05, 0.1) is 12.4 Å². The Hall–Kier alpha value is -0.860. The zero-order valence-corrected chi connectivity index (χ0v) is 14.7. The second-order valence-electron chi connectivity index (χ2n) is 4.13. The number of nitrogens with one attached hydrogen (secondary N) is 2. The van der Waals surface area contributed by atoms with Gasteiger partial charge in [-0.3, -0.25) is 9.38 Å². The maximum Gasteiger partial charge on any atom is 0.191 e. The summed E-state index contributed by atoms with van der Waals surface area (Å²) >= 11 is 0. The fourth-order valence-electron chi connectivity index (χ4n) is 1.80. The van der Waals surface area contributed by atoms with Gasteiger partial charge in [-0.05, 0) is 12.8 Å². The zero-order chi connectivity index (χ0) is 14.1. The third kappa shape index (κ3) is 5.64. The molecule has 0 aliphatic carbocycles. The molecule has 5 nitrogen and oxygen atoms in total. The van der Waals surface area contributed by atoms with Crippen molar-refractivity contribution in [3.05, 3.63) is 17.0 Å². The number of rotatable bonds is 7. The number of aliphatic imine (C=N–C) groups is 1. The number of aromatic nitrogens is 1. The maximum atomic E-state index is 12.0. The van der Waals surface area contributed by atoms with Gasteiger partial charge in [0.25, 0.3) is 0 Å². The molecule has 2 N–H and O–H groups in total. The van der Waals surface area contributed by atoms with Gasteiger partial charge in [0.1, 0.15) is 5.76 Å². The highest BCUT2D eigenvalue weighted by Crippen LogP contribution is 2.15. The van der Waals surface area contributed by atoms with Gasteiger partial charge in [0.15, 0.2) is 5.96 Å². The van der Waals surface area contributed by atoms with Crippen molar-refractivity contribution in [1.29, 1.82) is 0 Å². The lowest BCUT2D eigenvalue weighted by Gasteiger charge is -2.11. The Labute approximate surface area is 136 Å². The lowest BCUT2D eigenvalue weighted by molar-refractivity contribution is 0.380. The van der Waals surface area contributed by atoms with Crippen LogP contribution in [0, 0.1) is 0 Å². The molecule has 0 spiro atoms. The van der Waals surface area contributed by atoms with Gasteiger partial charge < -0.3 is 15.2 Å². The maximum absolute atomic E-state index is 12.0. The van der Waals surface area contributed by atoms with Crippen LogP contribution in [0.3, 0.4) is 0 Å². The number of aryl methyl sites for hydroxylation is 2. The largest absolute Gasteiger partial charge is 0.361 e. The van der Waals surface area contributed by atoms with E-state index in [1.165, 1.54) is 0 Å². The Kier molecular flexibility index (Phi) is 10.4. The molecule has 0 aromatic carbocycles. The van der Waals surface area contributed by atoms with E-state index in [0.717, 1.165) is 29.9 Å². The van der Waals surface area contributed by atoms with Crippen molar-refractivity contribution in [2.24, 2.45) is 4.99 Å². The summed E-state index contributed by atoms with van der Waals surface area (Å²) in [6, 6.07) is 0. The van der Waals surface area contributed by atoms with Crippen LogP contribution in [0.15, 0.2) is 9.52 Å². The molecule has 0 saturated carbocycles. The minimum absolute atomic E-state index is 0. The molecule has 0 aliphatic heterocycles. The number of hydrogen-bond acceptors (Lipinski definition) is 3. The van der Waals surface area contributed by atoms with Gasteiger partial charge >= 0.3 is 0 Å². The first kappa shape index (κ1) is 19.1. The van der Waals surface area contributed by atoms with E-state index in [1.807, 2.05) is 6.92 Å². The van der Waals surface area contributed by atoms with Crippen LogP contribution in [0.1, 0.15) is 37.3 Å². The van der Waals surface area contributed by atoms with Gasteiger partial charge in [0, 0.05) is 32.1 Å². The quantitative estimate of drug-likeness (QED) is 0.321. The van der Waals surface area contributed by atoms with Crippen LogP contribution in [0.2, 0.25) is 0 Å². The van der Waals surface area contributed by atoms with E-state index in [1.54, 1.807) is 7.05 Å². The van der Waals surface area contributed by atoms with Crippen LogP contribution in [0.4, 0.5) is 4.39 Å². The summed E-state index contributed by atoms with van der Waals surface area (Å²) in [5.74, 6) is 1.57. The van der Waals surface area contributed by atoms with Crippen LogP contribution in [0.5, 0.6) is 0 Å². The highest BCUT2D eigenvalue weighted by atomic mass is 127. The van der Waals surface area contributed by atoms with Crippen molar-refractivity contribution < 1.29 is 8.91 Å². The molecule has 0 fully saturated rings. The summed E-state index contributed by atoms with van der Waals surface area (Å²) < 4.78 is 17.3. The van der Waals surface area contributed by atoms with Gasteiger partial charge in [-0.2, -0.15) is 0 Å². The molecule has 0 aliphatic rings. The second-order valence-corrected chi connectivity index (χ2v) is 4.13. The van der Waals surface area contributed by atoms with E-state index in [9.17, 15) is 4.39 Å². The van der Waals surface area contributed by atoms with Crippen molar-refractivity contribution in [1.82, 2.24) is 15.8 Å². The summed E-state index contributed by atoms with van der Waals surface area (Å²) in [4.78, 5) is 4.09. The minimum atomic E-state index is -0.324. The van der Waals surface area contributed by atoms with Crippen LogP contribution in [0.25, 0.3) is 0 Å². The van der Waals surface area contributed by atoms with Crippen molar-refractivity contribution in [2.45, 2.75) is 39.7 Å². The summed E-state index contributed by atoms with van der Waals surface area (Å²) in [6.07, 6.45) is 2.14. The Morgan fingerprint density at radius 3 is 2.60 bits per heavy atom. The van der Waals surface area contributed by atoms with Crippen molar-refractivity contribution in [3.63, 3.8) is 0 Å². The van der Waals surface area contributed by atoms with Crippen molar-refractivity contribution >= 4 is 29.9 Å². The van der Waals surface area contributed by atoms with Crippen LogP contribution in [-0.4, -0.2) is 31.4 Å². The third-order valence-electron chi connectivity index (χ3n) is 2.87. The molecule has 0 radical (unpaired) electrons. The topological polar surface area (TPSA) is 62.5 Å². The Morgan fingerprint density at radius 1 is 1.30 bits per heavy atom. The summed E-state index contributed by atoms with van der Waals surface area (Å²) in [6.45, 7) is 4.95. The van der Waals surface area contributed by atoms with E-state index in [0.29, 0.717) is 25.5 Å². The average molecular weight is 398 g/mol. The average Bonchev–Trinajstić information content (AvgIpc) is 2.84. The normalized spacial score (nSPS) is 11.1. The number of hydrogen-bond donors (Lipinski definition) is 2. The molecule has 0 unspecified atom stereocenters. The molecule has 7 heteroatoms. The highest BCUT2D eigenvalue weighted by Gasteiger charge is 2.13. The number of nitrogens with zero attached hydrogens (tertiary/aromatic N) is 2. The molecule has 1 aromatic rings. The lowest BCUT2D eigenvalue weighted by Crippen LogP contribution is -2.37. The van der Waals surface area contributed by atoms with Gasteiger partial charge in [-0.1, -0.05) is 19.0 Å². The molecule has 0 bridgehead atoms. The fraction of sp³-hybridized carbons (Fsp3) is 0.692. The minimum Gasteiger partial charge on any atom is -0.361 e. The molecule has 1 rings (SSSR count). The molecule has 0 atom stereocenters. The van der Waals surface area contributed by atoms with Gasteiger partial charge in [-0.25, -0.2) is 0 Å². The van der Waals surface area contributed by atoms with E-state index in [2.05, 4.69) is 27.7 Å². The van der Waals surface area contributed by atoms with E-state index in [-0.39, 0.29) is 30.7 Å². The Balaban J connectivity index is 0.00000361. The summed E-state index contributed by atoms with van der Waals surface area (Å²) in [7, 11) is 1.69. The predicted octanol–water partition coefficient (Wildman–Crippen LogP) is 2.44. The molecular formula is C13H24FIN4O. The van der Waals surface area contributed by atoms with Gasteiger partial charge in [0.2, 0.25) is 0 Å². The number of halogens is 2. The third-order valence-corrected chi connectivity index (χ3v) is 2.87. The smallest absolute Gasteiger partial charge is 0.191 e. The summed E-state index contributed by atoms with van der Waals surface area (Å²) in [5, 5.41) is 10.3. The fourth-order valence-corrected chi connectivity index (χ4v) is 1.80. The van der Waals surface area contributed by atoms with E-state index < -0.39 is 0 Å². The molecule has 0 amide bonds. The molecular weight excluding hydrogens is 374 g/mol. The SMILES string of the molecule is CCc1noc(CC)c1CNC(=NC)NCCCF.I. The lowest BCUT2D eigenvalue weighted by atomic mass is 10.1. The van der Waals surface area contributed by atoms with E-state index >= 15 is 0 Å². The standard InChI is InChI=1S/C13H23FN4O.HI/c1-4-11-10(12(5-2)19-18-11)9-17-13(15-3)16-8-6-7-14;/h4-9H2,1-3H3,(H2,15,16,17);1H. The Bertz CT molecular complexity index is 388. The van der Waals surface area contributed by atoms with Crippen LogP contribution in [-0.2, 0) is 19.4 Å². The molecule has 1 aromatic heterocycles. The van der Waals surface area contributed by atoms with Crippen LogP contribution >= 0.6 is 24.0 Å². The Morgan fingerprint density at radius 2 is 2.05 bits per heavy atom. The number of guanidine groups is 1. The first-order valence-corrected chi connectivity index (χ1v) is 6.73. The van der Waals surface area contributed by atoms with Crippen molar-refractivity contribution in [3.8, 4) is 0 Å². The molecule has 0 saturated heterocycles. The first-order chi connectivity index (χ1) is 9.26.